The van der Waals surface area contributed by atoms with Gasteiger partial charge >= 0.3 is 0 Å². The molecular formula is C15H16N2O. The summed E-state index contributed by atoms with van der Waals surface area (Å²) in [7, 11) is 1.81. The monoisotopic (exact) mass is 240 g/mol. The number of hydrogen-bond donors (Lipinski definition) is 0. The molecule has 0 saturated heterocycles. The van der Waals surface area contributed by atoms with Gasteiger partial charge in [0.15, 0.2) is 0 Å². The van der Waals surface area contributed by atoms with Gasteiger partial charge in [0.05, 0.1) is 5.56 Å². The third-order valence-corrected chi connectivity index (χ3v) is 2.85. The Hall–Kier alpha value is -2.16. The maximum absolute atomic E-state index is 12.3. The van der Waals surface area contributed by atoms with Crippen LogP contribution in [-0.4, -0.2) is 22.8 Å². The molecule has 0 atom stereocenters. The minimum Gasteiger partial charge on any atom is -0.337 e. The number of nitrogens with zero attached hydrogens (tertiary/aromatic N) is 2. The zero-order valence-electron chi connectivity index (χ0n) is 10.6. The van der Waals surface area contributed by atoms with Gasteiger partial charge in [0, 0.05) is 25.5 Å². The summed E-state index contributed by atoms with van der Waals surface area (Å²) in [4.78, 5) is 18.1. The second-order valence-electron chi connectivity index (χ2n) is 4.28. The first kappa shape index (κ1) is 12.3. The molecule has 0 fully saturated rings. The molecule has 0 spiro atoms. The standard InChI is InChI=1S/C15H16N2O/c1-12-14(9-6-10-16-12)15(18)17(2)11-13-7-4-3-5-8-13/h3-10H,11H2,1-2H3. The van der Waals surface area contributed by atoms with E-state index in [9.17, 15) is 4.79 Å². The highest BCUT2D eigenvalue weighted by molar-refractivity contribution is 5.94. The second kappa shape index (κ2) is 5.45. The van der Waals surface area contributed by atoms with Crippen LogP contribution in [0.2, 0.25) is 0 Å². The average molecular weight is 240 g/mol. The molecule has 1 amide bonds. The van der Waals surface area contributed by atoms with E-state index in [-0.39, 0.29) is 5.91 Å². The summed E-state index contributed by atoms with van der Waals surface area (Å²) in [6.45, 7) is 2.46. The predicted molar refractivity (Wildman–Crippen MR) is 71.2 cm³/mol. The largest absolute Gasteiger partial charge is 0.337 e. The van der Waals surface area contributed by atoms with E-state index in [1.807, 2.05) is 50.4 Å². The van der Waals surface area contributed by atoms with Gasteiger partial charge in [0.25, 0.3) is 5.91 Å². The van der Waals surface area contributed by atoms with Gasteiger partial charge in [-0.3, -0.25) is 9.78 Å². The van der Waals surface area contributed by atoms with Crippen LogP contribution in [0.3, 0.4) is 0 Å². The number of carbonyl (C=O) groups is 1. The van der Waals surface area contributed by atoms with E-state index in [1.165, 1.54) is 0 Å². The van der Waals surface area contributed by atoms with Crippen molar-refractivity contribution in [3.05, 3.63) is 65.5 Å². The van der Waals surface area contributed by atoms with Gasteiger partial charge in [0.2, 0.25) is 0 Å². The Morgan fingerprint density at radius 1 is 1.17 bits per heavy atom. The molecule has 92 valence electrons. The summed E-state index contributed by atoms with van der Waals surface area (Å²) in [5, 5.41) is 0. The van der Waals surface area contributed by atoms with Crippen molar-refractivity contribution in [1.29, 1.82) is 0 Å². The topological polar surface area (TPSA) is 33.2 Å². The lowest BCUT2D eigenvalue weighted by Crippen LogP contribution is -2.27. The van der Waals surface area contributed by atoms with Gasteiger partial charge in [-0.25, -0.2) is 0 Å². The lowest BCUT2D eigenvalue weighted by molar-refractivity contribution is 0.0784. The van der Waals surface area contributed by atoms with E-state index in [2.05, 4.69) is 4.98 Å². The molecule has 3 heteroatoms. The maximum atomic E-state index is 12.3. The molecule has 0 radical (unpaired) electrons. The summed E-state index contributed by atoms with van der Waals surface area (Å²) in [5.74, 6) is 0.00412. The van der Waals surface area contributed by atoms with Crippen LogP contribution in [0, 0.1) is 6.92 Å². The Morgan fingerprint density at radius 3 is 2.56 bits per heavy atom. The fourth-order valence-electron chi connectivity index (χ4n) is 1.84. The van der Waals surface area contributed by atoms with Crippen molar-refractivity contribution in [2.24, 2.45) is 0 Å². The number of carbonyl (C=O) groups excluding carboxylic acids is 1. The number of aryl methyl sites for hydroxylation is 1. The number of hydrogen-bond acceptors (Lipinski definition) is 2. The smallest absolute Gasteiger partial charge is 0.255 e. The zero-order valence-corrected chi connectivity index (χ0v) is 10.6. The molecule has 0 bridgehead atoms. The first-order chi connectivity index (χ1) is 8.68. The molecule has 1 aromatic heterocycles. The Kier molecular flexibility index (Phi) is 3.72. The van der Waals surface area contributed by atoms with E-state index >= 15 is 0 Å². The molecule has 0 aliphatic carbocycles. The quantitative estimate of drug-likeness (QED) is 0.826. The zero-order chi connectivity index (χ0) is 13.0. The second-order valence-corrected chi connectivity index (χ2v) is 4.28. The van der Waals surface area contributed by atoms with E-state index in [0.29, 0.717) is 12.1 Å². The van der Waals surface area contributed by atoms with Crippen molar-refractivity contribution in [2.75, 3.05) is 7.05 Å². The number of aromatic nitrogens is 1. The van der Waals surface area contributed by atoms with Gasteiger partial charge in [-0.05, 0) is 24.6 Å². The Labute approximate surface area is 107 Å². The fourth-order valence-corrected chi connectivity index (χ4v) is 1.84. The van der Waals surface area contributed by atoms with Crippen LogP contribution in [0.1, 0.15) is 21.6 Å². The first-order valence-electron chi connectivity index (χ1n) is 5.89. The van der Waals surface area contributed by atoms with Crippen LogP contribution in [-0.2, 0) is 6.54 Å². The molecule has 0 saturated carbocycles. The van der Waals surface area contributed by atoms with Crippen LogP contribution < -0.4 is 0 Å². The van der Waals surface area contributed by atoms with E-state index < -0.39 is 0 Å². The van der Waals surface area contributed by atoms with Crippen LogP contribution in [0.25, 0.3) is 0 Å². The highest BCUT2D eigenvalue weighted by atomic mass is 16.2. The van der Waals surface area contributed by atoms with Crippen LogP contribution in [0.5, 0.6) is 0 Å². The van der Waals surface area contributed by atoms with Crippen LogP contribution >= 0.6 is 0 Å². The molecule has 2 aromatic rings. The summed E-state index contributed by atoms with van der Waals surface area (Å²) in [6, 6.07) is 13.5. The summed E-state index contributed by atoms with van der Waals surface area (Å²) in [5.41, 5.74) is 2.55. The summed E-state index contributed by atoms with van der Waals surface area (Å²) in [6.07, 6.45) is 1.70. The Balaban J connectivity index is 2.13. The summed E-state index contributed by atoms with van der Waals surface area (Å²) >= 11 is 0. The number of amides is 1. The van der Waals surface area contributed by atoms with Crippen molar-refractivity contribution in [3.63, 3.8) is 0 Å². The normalized spacial score (nSPS) is 10.1. The summed E-state index contributed by atoms with van der Waals surface area (Å²) < 4.78 is 0. The first-order valence-corrected chi connectivity index (χ1v) is 5.89. The van der Waals surface area contributed by atoms with Gasteiger partial charge in [-0.2, -0.15) is 0 Å². The van der Waals surface area contributed by atoms with E-state index in [4.69, 9.17) is 0 Å². The molecule has 18 heavy (non-hydrogen) atoms. The molecule has 3 nitrogen and oxygen atoms in total. The molecule has 0 aliphatic heterocycles. The van der Waals surface area contributed by atoms with E-state index in [0.717, 1.165) is 11.3 Å². The predicted octanol–water partition coefficient (Wildman–Crippen LogP) is 2.66. The molecule has 0 unspecified atom stereocenters. The molecule has 1 aromatic carbocycles. The van der Waals surface area contributed by atoms with E-state index in [1.54, 1.807) is 17.2 Å². The van der Waals surface area contributed by atoms with Crippen molar-refractivity contribution in [2.45, 2.75) is 13.5 Å². The average Bonchev–Trinajstić information content (AvgIpc) is 2.39. The third-order valence-electron chi connectivity index (χ3n) is 2.85. The minimum absolute atomic E-state index is 0.00412. The molecule has 0 aliphatic rings. The minimum atomic E-state index is 0.00412. The lowest BCUT2D eigenvalue weighted by atomic mass is 10.1. The molecule has 2 rings (SSSR count). The van der Waals surface area contributed by atoms with Gasteiger partial charge in [-0.15, -0.1) is 0 Å². The van der Waals surface area contributed by atoms with Crippen molar-refractivity contribution >= 4 is 5.91 Å². The SMILES string of the molecule is Cc1ncccc1C(=O)N(C)Cc1ccccc1. The van der Waals surface area contributed by atoms with Gasteiger partial charge in [0.1, 0.15) is 0 Å². The van der Waals surface area contributed by atoms with Crippen molar-refractivity contribution < 1.29 is 4.79 Å². The number of rotatable bonds is 3. The van der Waals surface area contributed by atoms with Gasteiger partial charge in [-0.1, -0.05) is 30.3 Å². The maximum Gasteiger partial charge on any atom is 0.255 e. The Morgan fingerprint density at radius 2 is 1.89 bits per heavy atom. The van der Waals surface area contributed by atoms with Crippen LogP contribution in [0.15, 0.2) is 48.7 Å². The highest BCUT2D eigenvalue weighted by Crippen LogP contribution is 2.10. The molecular weight excluding hydrogens is 224 g/mol. The molecule has 0 N–H and O–H groups in total. The number of benzene rings is 1. The fraction of sp³-hybridized carbons (Fsp3) is 0.200. The van der Waals surface area contributed by atoms with Crippen LogP contribution in [0.4, 0.5) is 0 Å². The van der Waals surface area contributed by atoms with Crippen molar-refractivity contribution in [1.82, 2.24) is 9.88 Å². The van der Waals surface area contributed by atoms with Gasteiger partial charge < -0.3 is 4.90 Å². The Bertz CT molecular complexity index is 537. The number of pyridine rings is 1. The third kappa shape index (κ3) is 2.74. The highest BCUT2D eigenvalue weighted by Gasteiger charge is 2.14. The van der Waals surface area contributed by atoms with Crippen molar-refractivity contribution in [3.8, 4) is 0 Å². The lowest BCUT2D eigenvalue weighted by Gasteiger charge is -2.18. The molecule has 1 heterocycles.